The Labute approximate surface area is 217 Å². The number of rotatable bonds is 8. The van der Waals surface area contributed by atoms with Gasteiger partial charge < -0.3 is 9.72 Å². The number of hydrogen-bond donors (Lipinski definition) is 1. The number of H-pyrrole nitrogens is 1. The lowest BCUT2D eigenvalue weighted by Crippen LogP contribution is -2.42. The number of hydrogen-bond acceptors (Lipinski definition) is 6. The van der Waals surface area contributed by atoms with E-state index in [1.165, 1.54) is 5.56 Å². The first-order chi connectivity index (χ1) is 17.9. The highest BCUT2D eigenvalue weighted by molar-refractivity contribution is 5.80. The summed E-state index contributed by atoms with van der Waals surface area (Å²) in [6.45, 7) is 8.13. The summed E-state index contributed by atoms with van der Waals surface area (Å²) in [5, 5.41) is 13.9. The molecule has 0 bridgehead atoms. The van der Waals surface area contributed by atoms with E-state index in [-0.39, 0.29) is 17.1 Å². The van der Waals surface area contributed by atoms with Crippen LogP contribution >= 0.6 is 0 Å². The average Bonchev–Trinajstić information content (AvgIpc) is 3.41. The van der Waals surface area contributed by atoms with Crippen LogP contribution in [0.4, 0.5) is 0 Å². The second-order valence-corrected chi connectivity index (χ2v) is 10.7. The van der Waals surface area contributed by atoms with Gasteiger partial charge in [0.25, 0.3) is 5.56 Å². The molecule has 1 aliphatic heterocycles. The van der Waals surface area contributed by atoms with Gasteiger partial charge in [-0.15, -0.1) is 5.10 Å². The van der Waals surface area contributed by atoms with Crippen molar-refractivity contribution in [2.45, 2.75) is 58.0 Å². The van der Waals surface area contributed by atoms with Crippen LogP contribution in [-0.2, 0) is 12.0 Å². The summed E-state index contributed by atoms with van der Waals surface area (Å²) >= 11 is 0. The summed E-state index contributed by atoms with van der Waals surface area (Å²) in [4.78, 5) is 19.0. The van der Waals surface area contributed by atoms with Gasteiger partial charge in [-0.3, -0.25) is 9.69 Å². The molecule has 1 aliphatic rings. The number of nitrogens with zero attached hydrogens (tertiary/aromatic N) is 5. The monoisotopic (exact) mass is 500 g/mol. The predicted octanol–water partition coefficient (Wildman–Crippen LogP) is 4.71. The molecule has 0 amide bonds. The van der Waals surface area contributed by atoms with Crippen molar-refractivity contribution < 1.29 is 4.74 Å². The molecule has 3 heterocycles. The van der Waals surface area contributed by atoms with E-state index in [0.717, 1.165) is 55.4 Å². The van der Waals surface area contributed by atoms with Gasteiger partial charge in [-0.1, -0.05) is 37.3 Å². The van der Waals surface area contributed by atoms with Crippen molar-refractivity contribution >= 4 is 10.9 Å². The molecule has 194 valence electrons. The van der Waals surface area contributed by atoms with E-state index < -0.39 is 0 Å². The second-order valence-electron chi connectivity index (χ2n) is 10.7. The van der Waals surface area contributed by atoms with Gasteiger partial charge in [0.05, 0.1) is 12.6 Å². The standard InChI is InChI=1S/C29H36N6O2/c1-5-29(2,3)35-27(31-32-33-35)26(24-19-22-18-23(37-4)11-12-25(22)30-28(24)36)34-15-13-21(14-16-34)17-20-9-7-6-8-10-20/h6-12,18-19,21,26H,5,13-17H2,1-4H3,(H,30,36)/t26-/m0/s1. The number of methoxy groups -OCH3 is 1. The van der Waals surface area contributed by atoms with Crippen molar-refractivity contribution in [1.29, 1.82) is 0 Å². The number of aromatic amines is 1. The molecule has 0 spiro atoms. The van der Waals surface area contributed by atoms with Crippen LogP contribution in [-0.4, -0.2) is 50.3 Å². The van der Waals surface area contributed by atoms with Crippen LogP contribution in [0.15, 0.2) is 59.4 Å². The molecule has 8 nitrogen and oxygen atoms in total. The molecule has 2 aromatic carbocycles. The highest BCUT2D eigenvalue weighted by atomic mass is 16.5. The van der Waals surface area contributed by atoms with E-state index in [1.807, 2.05) is 28.9 Å². The normalized spacial score (nSPS) is 16.2. The van der Waals surface area contributed by atoms with Crippen molar-refractivity contribution in [3.63, 3.8) is 0 Å². The lowest BCUT2D eigenvalue weighted by Gasteiger charge is -2.38. The Balaban J connectivity index is 1.53. The maximum atomic E-state index is 13.5. The number of ether oxygens (including phenoxy) is 1. The lowest BCUT2D eigenvalue weighted by atomic mass is 9.88. The molecule has 8 heteroatoms. The van der Waals surface area contributed by atoms with E-state index in [4.69, 9.17) is 4.74 Å². The molecule has 1 N–H and O–H groups in total. The number of benzene rings is 2. The zero-order valence-corrected chi connectivity index (χ0v) is 22.1. The van der Waals surface area contributed by atoms with Crippen molar-refractivity contribution in [3.8, 4) is 5.75 Å². The molecule has 37 heavy (non-hydrogen) atoms. The van der Waals surface area contributed by atoms with E-state index in [9.17, 15) is 4.79 Å². The topological polar surface area (TPSA) is 88.9 Å². The van der Waals surface area contributed by atoms with Crippen LogP contribution in [0.1, 0.15) is 63.0 Å². The van der Waals surface area contributed by atoms with Gasteiger partial charge in [-0.25, -0.2) is 4.68 Å². The maximum Gasteiger partial charge on any atom is 0.253 e. The molecule has 0 radical (unpaired) electrons. The fourth-order valence-corrected chi connectivity index (χ4v) is 5.34. The number of tetrazole rings is 1. The minimum absolute atomic E-state index is 0.113. The average molecular weight is 501 g/mol. The predicted molar refractivity (Wildman–Crippen MR) is 145 cm³/mol. The summed E-state index contributed by atoms with van der Waals surface area (Å²) in [6.07, 6.45) is 4.06. The Morgan fingerprint density at radius 3 is 2.57 bits per heavy atom. The van der Waals surface area contributed by atoms with E-state index >= 15 is 0 Å². The van der Waals surface area contributed by atoms with Crippen molar-refractivity contribution in [1.82, 2.24) is 30.1 Å². The van der Waals surface area contributed by atoms with Crippen LogP contribution < -0.4 is 10.3 Å². The van der Waals surface area contributed by atoms with Crippen LogP contribution in [0.2, 0.25) is 0 Å². The Bertz CT molecular complexity index is 1400. The third-order valence-corrected chi connectivity index (χ3v) is 7.93. The zero-order valence-electron chi connectivity index (χ0n) is 22.1. The first kappa shape index (κ1) is 25.1. The number of piperidine rings is 1. The van der Waals surface area contributed by atoms with Gasteiger partial charge in [0.2, 0.25) is 0 Å². The zero-order chi connectivity index (χ0) is 26.0. The molecule has 2 aromatic heterocycles. The summed E-state index contributed by atoms with van der Waals surface area (Å²) < 4.78 is 7.35. The number of pyridine rings is 1. The number of likely N-dealkylation sites (tertiary alicyclic amines) is 1. The van der Waals surface area contributed by atoms with E-state index in [0.29, 0.717) is 17.3 Å². The molecule has 1 fully saturated rings. The van der Waals surface area contributed by atoms with Crippen molar-refractivity contribution in [2.24, 2.45) is 5.92 Å². The summed E-state index contributed by atoms with van der Waals surface area (Å²) in [5.41, 5.74) is 2.42. The van der Waals surface area contributed by atoms with Gasteiger partial charge in [-0.05, 0) is 98.8 Å². The molecule has 0 aliphatic carbocycles. The smallest absolute Gasteiger partial charge is 0.253 e. The van der Waals surface area contributed by atoms with Crippen LogP contribution in [0, 0.1) is 5.92 Å². The van der Waals surface area contributed by atoms with Crippen LogP contribution in [0.5, 0.6) is 5.75 Å². The van der Waals surface area contributed by atoms with Gasteiger partial charge >= 0.3 is 0 Å². The number of nitrogens with one attached hydrogen (secondary N) is 1. The Hall–Kier alpha value is -3.52. The van der Waals surface area contributed by atoms with Crippen molar-refractivity contribution in [3.05, 3.63) is 81.9 Å². The SMILES string of the molecule is CCC(C)(C)n1nnnc1[C@H](c1cc2cc(OC)ccc2[nH]c1=O)N1CCC(Cc2ccccc2)CC1. The molecular weight excluding hydrogens is 464 g/mol. The first-order valence-electron chi connectivity index (χ1n) is 13.2. The fourth-order valence-electron chi connectivity index (χ4n) is 5.34. The maximum absolute atomic E-state index is 13.5. The Kier molecular flexibility index (Phi) is 7.11. The lowest BCUT2D eigenvalue weighted by molar-refractivity contribution is 0.137. The number of fused-ring (bicyclic) bond motifs is 1. The van der Waals surface area contributed by atoms with E-state index in [1.54, 1.807) is 7.11 Å². The van der Waals surface area contributed by atoms with Crippen LogP contribution in [0.3, 0.4) is 0 Å². The quantitative estimate of drug-likeness (QED) is 0.377. The molecule has 4 aromatic rings. The minimum atomic E-state index is -0.349. The summed E-state index contributed by atoms with van der Waals surface area (Å²) in [5.74, 6) is 2.07. The molecule has 1 saturated heterocycles. The van der Waals surface area contributed by atoms with Gasteiger partial charge in [0.15, 0.2) is 5.82 Å². The third kappa shape index (κ3) is 5.16. The molecular formula is C29H36N6O2. The van der Waals surface area contributed by atoms with Gasteiger partial charge in [0.1, 0.15) is 11.8 Å². The Morgan fingerprint density at radius 2 is 1.86 bits per heavy atom. The molecule has 0 saturated carbocycles. The fraction of sp³-hybridized carbons (Fsp3) is 0.448. The highest BCUT2D eigenvalue weighted by Crippen LogP contribution is 2.34. The molecule has 5 rings (SSSR count). The Morgan fingerprint density at radius 1 is 1.11 bits per heavy atom. The highest BCUT2D eigenvalue weighted by Gasteiger charge is 2.36. The number of aromatic nitrogens is 5. The third-order valence-electron chi connectivity index (χ3n) is 7.93. The van der Waals surface area contributed by atoms with Crippen molar-refractivity contribution in [2.75, 3.05) is 20.2 Å². The van der Waals surface area contributed by atoms with Crippen LogP contribution in [0.25, 0.3) is 10.9 Å². The largest absolute Gasteiger partial charge is 0.497 e. The molecule has 0 unspecified atom stereocenters. The minimum Gasteiger partial charge on any atom is -0.497 e. The summed E-state index contributed by atoms with van der Waals surface area (Å²) in [6, 6.07) is 18.0. The second kappa shape index (κ2) is 10.5. The van der Waals surface area contributed by atoms with E-state index in [2.05, 4.69) is 76.5 Å². The first-order valence-corrected chi connectivity index (χ1v) is 13.2. The van der Waals surface area contributed by atoms with Gasteiger partial charge in [-0.2, -0.15) is 0 Å². The summed E-state index contributed by atoms with van der Waals surface area (Å²) in [7, 11) is 1.65. The van der Waals surface area contributed by atoms with Gasteiger partial charge in [0, 0.05) is 16.5 Å². The molecule has 1 atom stereocenters.